The molecule has 0 spiro atoms. The zero-order chi connectivity index (χ0) is 13.7. The van der Waals surface area contributed by atoms with Gasteiger partial charge in [0.05, 0.1) is 11.5 Å². The number of benzene rings is 1. The number of nitrogens with one attached hydrogen (secondary N) is 1. The summed E-state index contributed by atoms with van der Waals surface area (Å²) >= 11 is 0. The van der Waals surface area contributed by atoms with Crippen LogP contribution in [0.5, 0.6) is 5.75 Å². The molecule has 1 fully saturated rings. The average molecular weight is 266 g/mol. The molecule has 2 rings (SSSR count). The number of rotatable bonds is 5. The van der Waals surface area contributed by atoms with Crippen LogP contribution in [0, 0.1) is 10.1 Å². The van der Waals surface area contributed by atoms with Crippen LogP contribution in [-0.2, 0) is 11.3 Å². The van der Waals surface area contributed by atoms with E-state index in [1.54, 1.807) is 19.2 Å². The normalized spacial score (nSPS) is 19.1. The van der Waals surface area contributed by atoms with Gasteiger partial charge in [0.2, 0.25) is 0 Å². The first-order valence-corrected chi connectivity index (χ1v) is 6.37. The summed E-state index contributed by atoms with van der Waals surface area (Å²) in [5.41, 5.74) is 0.875. The maximum atomic E-state index is 10.8. The van der Waals surface area contributed by atoms with Crippen molar-refractivity contribution >= 4 is 5.69 Å². The Kier molecular flexibility index (Phi) is 4.70. The number of nitro groups is 1. The molecule has 1 heterocycles. The van der Waals surface area contributed by atoms with E-state index in [4.69, 9.17) is 9.47 Å². The van der Waals surface area contributed by atoms with Crippen LogP contribution in [0.25, 0.3) is 0 Å². The number of hydrogen-bond acceptors (Lipinski definition) is 5. The third-order valence-corrected chi connectivity index (χ3v) is 3.03. The highest BCUT2D eigenvalue weighted by atomic mass is 16.6. The minimum absolute atomic E-state index is 0.0332. The Hall–Kier alpha value is -1.66. The van der Waals surface area contributed by atoms with Gasteiger partial charge in [-0.2, -0.15) is 0 Å². The molecule has 6 nitrogen and oxygen atoms in total. The van der Waals surface area contributed by atoms with E-state index in [1.165, 1.54) is 6.07 Å². The fourth-order valence-electron chi connectivity index (χ4n) is 2.11. The molecular formula is C13H18N2O4. The number of hydrogen-bond donors (Lipinski definition) is 1. The molecule has 1 aliphatic rings. The van der Waals surface area contributed by atoms with Crippen molar-refractivity contribution in [3.05, 3.63) is 33.9 Å². The topological polar surface area (TPSA) is 73.6 Å². The maximum Gasteiger partial charge on any atom is 0.270 e. The van der Waals surface area contributed by atoms with E-state index in [0.29, 0.717) is 18.9 Å². The SMILES string of the molecule is CNCc1cc([N+](=O)[O-])ccc1OC1CCCOC1. The van der Waals surface area contributed by atoms with Gasteiger partial charge in [-0.1, -0.05) is 0 Å². The second-order valence-electron chi connectivity index (χ2n) is 4.54. The van der Waals surface area contributed by atoms with E-state index in [-0.39, 0.29) is 11.8 Å². The van der Waals surface area contributed by atoms with Crippen LogP contribution in [0.4, 0.5) is 5.69 Å². The molecule has 1 aliphatic heterocycles. The monoisotopic (exact) mass is 266 g/mol. The van der Waals surface area contributed by atoms with Crippen molar-refractivity contribution < 1.29 is 14.4 Å². The second-order valence-corrected chi connectivity index (χ2v) is 4.54. The Labute approximate surface area is 111 Å². The molecular weight excluding hydrogens is 248 g/mol. The van der Waals surface area contributed by atoms with E-state index in [0.717, 1.165) is 25.0 Å². The molecule has 0 bridgehead atoms. The highest BCUT2D eigenvalue weighted by molar-refractivity contribution is 5.43. The largest absolute Gasteiger partial charge is 0.488 e. The molecule has 6 heteroatoms. The molecule has 1 unspecified atom stereocenters. The molecule has 19 heavy (non-hydrogen) atoms. The smallest absolute Gasteiger partial charge is 0.270 e. The van der Waals surface area contributed by atoms with Crippen molar-refractivity contribution in [1.82, 2.24) is 5.32 Å². The molecule has 0 radical (unpaired) electrons. The van der Waals surface area contributed by atoms with Gasteiger partial charge in [-0.25, -0.2) is 0 Å². The maximum absolute atomic E-state index is 10.8. The molecule has 104 valence electrons. The fraction of sp³-hybridized carbons (Fsp3) is 0.538. The summed E-state index contributed by atoms with van der Waals surface area (Å²) in [6.45, 7) is 1.89. The average Bonchev–Trinajstić information content (AvgIpc) is 2.42. The molecule has 1 aromatic rings. The second kappa shape index (κ2) is 6.49. The Bertz CT molecular complexity index is 444. The number of nitrogens with zero attached hydrogens (tertiary/aromatic N) is 1. The third kappa shape index (κ3) is 3.65. The fourth-order valence-corrected chi connectivity index (χ4v) is 2.11. The van der Waals surface area contributed by atoms with Crippen LogP contribution in [0.3, 0.4) is 0 Å². The van der Waals surface area contributed by atoms with Gasteiger partial charge >= 0.3 is 0 Å². The minimum atomic E-state index is -0.396. The predicted molar refractivity (Wildman–Crippen MR) is 70.3 cm³/mol. The van der Waals surface area contributed by atoms with Crippen LogP contribution in [0.15, 0.2) is 18.2 Å². The summed E-state index contributed by atoms with van der Waals surface area (Å²) in [6, 6.07) is 4.69. The van der Waals surface area contributed by atoms with Gasteiger partial charge in [-0.3, -0.25) is 10.1 Å². The lowest BCUT2D eigenvalue weighted by Gasteiger charge is -2.24. The van der Waals surface area contributed by atoms with E-state index >= 15 is 0 Å². The first kappa shape index (κ1) is 13.8. The number of ether oxygens (including phenoxy) is 2. The van der Waals surface area contributed by atoms with Crippen LogP contribution in [-0.4, -0.2) is 31.3 Å². The van der Waals surface area contributed by atoms with Gasteiger partial charge in [0.15, 0.2) is 0 Å². The van der Waals surface area contributed by atoms with Gasteiger partial charge in [-0.05, 0) is 26.0 Å². The highest BCUT2D eigenvalue weighted by Gasteiger charge is 2.18. The third-order valence-electron chi connectivity index (χ3n) is 3.03. The van der Waals surface area contributed by atoms with Crippen molar-refractivity contribution in [2.75, 3.05) is 20.3 Å². The van der Waals surface area contributed by atoms with E-state index in [1.807, 2.05) is 0 Å². The summed E-state index contributed by atoms with van der Waals surface area (Å²) in [7, 11) is 1.80. The molecule has 1 N–H and O–H groups in total. The Morgan fingerprint density at radius 1 is 1.58 bits per heavy atom. The van der Waals surface area contributed by atoms with Crippen LogP contribution >= 0.6 is 0 Å². The van der Waals surface area contributed by atoms with Gasteiger partial charge in [0.25, 0.3) is 5.69 Å². The van der Waals surface area contributed by atoms with Gasteiger partial charge in [0, 0.05) is 30.8 Å². The highest BCUT2D eigenvalue weighted by Crippen LogP contribution is 2.26. The first-order chi connectivity index (χ1) is 9.20. The van der Waals surface area contributed by atoms with Crippen LogP contribution < -0.4 is 10.1 Å². The molecule has 0 aliphatic carbocycles. The lowest BCUT2D eigenvalue weighted by atomic mass is 10.1. The van der Waals surface area contributed by atoms with Crippen molar-refractivity contribution in [1.29, 1.82) is 0 Å². The Morgan fingerprint density at radius 2 is 2.42 bits per heavy atom. The summed E-state index contributed by atoms with van der Waals surface area (Å²) in [5.74, 6) is 0.690. The standard InChI is InChI=1S/C13H18N2O4/c1-14-8-10-7-11(15(16)17)4-5-13(10)19-12-3-2-6-18-9-12/h4-5,7,12,14H,2-3,6,8-9H2,1H3. The van der Waals surface area contributed by atoms with Crippen molar-refractivity contribution in [2.24, 2.45) is 0 Å². The zero-order valence-corrected chi connectivity index (χ0v) is 10.9. The van der Waals surface area contributed by atoms with E-state index < -0.39 is 4.92 Å². The summed E-state index contributed by atoms with van der Waals surface area (Å²) in [5, 5.41) is 13.8. The molecule has 1 atom stereocenters. The number of nitro benzene ring substituents is 1. The molecule has 0 saturated carbocycles. The van der Waals surface area contributed by atoms with Gasteiger partial charge in [-0.15, -0.1) is 0 Å². The van der Waals surface area contributed by atoms with Gasteiger partial charge < -0.3 is 14.8 Å². The summed E-state index contributed by atoms with van der Waals surface area (Å²) in [6.07, 6.45) is 1.97. The predicted octanol–water partition coefficient (Wildman–Crippen LogP) is 1.87. The quantitative estimate of drug-likeness (QED) is 0.650. The lowest BCUT2D eigenvalue weighted by Crippen LogP contribution is -2.28. The van der Waals surface area contributed by atoms with Crippen LogP contribution in [0.2, 0.25) is 0 Å². The number of non-ortho nitro benzene ring substituents is 1. The van der Waals surface area contributed by atoms with Crippen molar-refractivity contribution in [3.63, 3.8) is 0 Å². The Balaban J connectivity index is 2.15. The van der Waals surface area contributed by atoms with E-state index in [2.05, 4.69) is 5.32 Å². The van der Waals surface area contributed by atoms with E-state index in [9.17, 15) is 10.1 Å². The molecule has 0 amide bonds. The minimum Gasteiger partial charge on any atom is -0.488 e. The first-order valence-electron chi connectivity index (χ1n) is 6.37. The van der Waals surface area contributed by atoms with Gasteiger partial charge in [0.1, 0.15) is 11.9 Å². The zero-order valence-electron chi connectivity index (χ0n) is 10.9. The van der Waals surface area contributed by atoms with Crippen molar-refractivity contribution in [3.8, 4) is 5.75 Å². The molecule has 1 saturated heterocycles. The molecule has 0 aromatic heterocycles. The van der Waals surface area contributed by atoms with Crippen molar-refractivity contribution in [2.45, 2.75) is 25.5 Å². The summed E-state index contributed by atoms with van der Waals surface area (Å²) in [4.78, 5) is 10.4. The Morgan fingerprint density at radius 3 is 3.05 bits per heavy atom. The van der Waals surface area contributed by atoms with Crippen LogP contribution in [0.1, 0.15) is 18.4 Å². The molecule has 1 aromatic carbocycles. The summed E-state index contributed by atoms with van der Waals surface area (Å²) < 4.78 is 11.3. The lowest BCUT2D eigenvalue weighted by molar-refractivity contribution is -0.384.